The molecule has 0 amide bonds. The zero-order valence-corrected chi connectivity index (χ0v) is 8.57. The molecule has 82 valence electrons. The molecule has 0 saturated carbocycles. The van der Waals surface area contributed by atoms with E-state index in [9.17, 15) is 13.2 Å². The van der Waals surface area contributed by atoms with Crippen LogP contribution in [0.25, 0.3) is 6.08 Å². The summed E-state index contributed by atoms with van der Waals surface area (Å²) in [6.07, 6.45) is -0.829. The van der Waals surface area contributed by atoms with Gasteiger partial charge >= 0.3 is 0 Å². The molecule has 0 aliphatic carbocycles. The Labute approximate surface area is 86.4 Å². The number of benzene rings is 1. The van der Waals surface area contributed by atoms with Crippen molar-refractivity contribution in [3.63, 3.8) is 0 Å². The highest BCUT2D eigenvalue weighted by Crippen LogP contribution is 2.26. The lowest BCUT2D eigenvalue weighted by atomic mass is 9.98. The van der Waals surface area contributed by atoms with Crippen molar-refractivity contribution in [3.05, 3.63) is 34.7 Å². The highest BCUT2D eigenvalue weighted by Gasteiger charge is 2.12. The number of hydrogen-bond acceptors (Lipinski definition) is 1. The summed E-state index contributed by atoms with van der Waals surface area (Å²) in [6.45, 7) is 3.33. The molecule has 0 atom stereocenters. The number of anilines is 1. The van der Waals surface area contributed by atoms with Crippen LogP contribution in [-0.2, 0) is 6.42 Å². The molecule has 15 heavy (non-hydrogen) atoms. The van der Waals surface area contributed by atoms with Gasteiger partial charge in [-0.1, -0.05) is 6.92 Å². The Morgan fingerprint density at radius 3 is 2.53 bits per heavy atom. The van der Waals surface area contributed by atoms with E-state index in [1.54, 1.807) is 13.8 Å². The molecule has 0 bridgehead atoms. The maximum absolute atomic E-state index is 13.5. The van der Waals surface area contributed by atoms with Crippen molar-refractivity contribution in [1.29, 1.82) is 0 Å². The quantitative estimate of drug-likeness (QED) is 0.750. The molecule has 0 radical (unpaired) electrons. The average molecular weight is 215 g/mol. The predicted molar refractivity (Wildman–Crippen MR) is 55.1 cm³/mol. The fourth-order valence-corrected chi connectivity index (χ4v) is 1.56. The van der Waals surface area contributed by atoms with Gasteiger partial charge in [-0.3, -0.25) is 0 Å². The molecule has 0 aromatic heterocycles. The van der Waals surface area contributed by atoms with E-state index in [1.807, 2.05) is 0 Å². The lowest BCUT2D eigenvalue weighted by Gasteiger charge is -2.10. The molecule has 0 spiro atoms. The summed E-state index contributed by atoms with van der Waals surface area (Å²) in [6, 6.07) is 1.36. The Hall–Kier alpha value is -1.45. The Morgan fingerprint density at radius 1 is 1.47 bits per heavy atom. The summed E-state index contributed by atoms with van der Waals surface area (Å²) >= 11 is 0. The van der Waals surface area contributed by atoms with Crippen LogP contribution >= 0.6 is 0 Å². The van der Waals surface area contributed by atoms with Gasteiger partial charge in [0, 0.05) is 6.08 Å². The zero-order chi connectivity index (χ0) is 11.6. The molecular formula is C11H12F3N. The zero-order valence-electron chi connectivity index (χ0n) is 8.57. The Balaban J connectivity index is 3.49. The van der Waals surface area contributed by atoms with Crippen LogP contribution in [0, 0.1) is 12.7 Å². The van der Waals surface area contributed by atoms with Gasteiger partial charge in [0.25, 0.3) is 6.08 Å². The van der Waals surface area contributed by atoms with Crippen molar-refractivity contribution < 1.29 is 13.2 Å². The normalized spacial score (nSPS) is 10.2. The van der Waals surface area contributed by atoms with Crippen molar-refractivity contribution >= 4 is 11.8 Å². The molecule has 0 aliphatic heterocycles. The minimum atomic E-state index is -1.84. The van der Waals surface area contributed by atoms with Gasteiger partial charge in [0.2, 0.25) is 0 Å². The van der Waals surface area contributed by atoms with Crippen molar-refractivity contribution in [1.82, 2.24) is 0 Å². The highest BCUT2D eigenvalue weighted by molar-refractivity contribution is 5.63. The lowest BCUT2D eigenvalue weighted by molar-refractivity contribution is 0.429. The molecule has 0 saturated heterocycles. The minimum Gasteiger partial charge on any atom is -0.396 e. The van der Waals surface area contributed by atoms with E-state index in [0.717, 1.165) is 0 Å². The third kappa shape index (κ3) is 2.32. The van der Waals surface area contributed by atoms with Gasteiger partial charge < -0.3 is 5.73 Å². The Kier molecular flexibility index (Phi) is 3.39. The molecule has 0 aliphatic rings. The molecule has 4 heteroatoms. The van der Waals surface area contributed by atoms with Gasteiger partial charge in [-0.15, -0.1) is 0 Å². The molecule has 1 aromatic carbocycles. The van der Waals surface area contributed by atoms with E-state index in [-0.39, 0.29) is 16.8 Å². The lowest BCUT2D eigenvalue weighted by Crippen LogP contribution is -2.01. The van der Waals surface area contributed by atoms with E-state index in [2.05, 4.69) is 0 Å². The minimum absolute atomic E-state index is 0.000710. The number of rotatable bonds is 2. The van der Waals surface area contributed by atoms with Crippen LogP contribution in [-0.4, -0.2) is 0 Å². The van der Waals surface area contributed by atoms with Crippen molar-refractivity contribution in [2.24, 2.45) is 0 Å². The van der Waals surface area contributed by atoms with Gasteiger partial charge in [-0.2, -0.15) is 8.78 Å². The van der Waals surface area contributed by atoms with E-state index in [0.29, 0.717) is 18.1 Å². The number of aryl methyl sites for hydroxylation is 1. The van der Waals surface area contributed by atoms with Crippen LogP contribution in [0.15, 0.2) is 12.1 Å². The molecule has 0 heterocycles. The van der Waals surface area contributed by atoms with E-state index in [4.69, 9.17) is 5.73 Å². The SMILES string of the molecule is CCc1c(F)c(N)cc(C)c1C=C(F)F. The van der Waals surface area contributed by atoms with Crippen LogP contribution in [0.2, 0.25) is 0 Å². The standard InChI is InChI=1S/C11H12F3N/c1-3-7-8(5-10(12)13)6(2)4-9(15)11(7)14/h4-5H,3,15H2,1-2H3. The highest BCUT2D eigenvalue weighted by atomic mass is 19.3. The Morgan fingerprint density at radius 2 is 2.07 bits per heavy atom. The Bertz CT molecular complexity index is 407. The third-order valence-electron chi connectivity index (χ3n) is 2.25. The smallest absolute Gasteiger partial charge is 0.270 e. The number of halogens is 3. The van der Waals surface area contributed by atoms with E-state index >= 15 is 0 Å². The van der Waals surface area contributed by atoms with Crippen LogP contribution < -0.4 is 5.73 Å². The fourth-order valence-electron chi connectivity index (χ4n) is 1.56. The van der Waals surface area contributed by atoms with Gasteiger partial charge in [0.1, 0.15) is 5.82 Å². The van der Waals surface area contributed by atoms with Crippen LogP contribution in [0.3, 0.4) is 0 Å². The first-order valence-corrected chi connectivity index (χ1v) is 4.57. The summed E-state index contributed by atoms with van der Waals surface area (Å²) in [7, 11) is 0. The molecule has 1 aromatic rings. The van der Waals surface area contributed by atoms with Gasteiger partial charge in [0.15, 0.2) is 0 Å². The topological polar surface area (TPSA) is 26.0 Å². The van der Waals surface area contributed by atoms with Crippen molar-refractivity contribution in [3.8, 4) is 0 Å². The van der Waals surface area contributed by atoms with E-state index in [1.165, 1.54) is 6.07 Å². The van der Waals surface area contributed by atoms with Crippen LogP contribution in [0.4, 0.5) is 18.9 Å². The maximum atomic E-state index is 13.5. The summed E-state index contributed by atoms with van der Waals surface area (Å²) in [5.74, 6) is -0.601. The van der Waals surface area contributed by atoms with Crippen molar-refractivity contribution in [2.75, 3.05) is 5.73 Å². The summed E-state index contributed by atoms with van der Waals surface area (Å²) < 4.78 is 37.8. The molecule has 1 nitrogen and oxygen atoms in total. The first kappa shape index (κ1) is 11.6. The number of hydrogen-bond donors (Lipinski definition) is 1. The summed E-state index contributed by atoms with van der Waals surface area (Å²) in [5, 5.41) is 0. The van der Waals surface area contributed by atoms with Crippen LogP contribution in [0.1, 0.15) is 23.6 Å². The van der Waals surface area contributed by atoms with Gasteiger partial charge in [0.05, 0.1) is 5.69 Å². The second kappa shape index (κ2) is 4.38. The average Bonchev–Trinajstić information content (AvgIpc) is 2.14. The third-order valence-corrected chi connectivity index (χ3v) is 2.25. The predicted octanol–water partition coefficient (Wildman–Crippen LogP) is 3.52. The monoisotopic (exact) mass is 215 g/mol. The summed E-state index contributed by atoms with van der Waals surface area (Å²) in [4.78, 5) is 0. The second-order valence-corrected chi connectivity index (χ2v) is 3.28. The molecule has 2 N–H and O–H groups in total. The molecule has 0 unspecified atom stereocenters. The number of nitrogens with two attached hydrogens (primary N) is 1. The van der Waals surface area contributed by atoms with Crippen molar-refractivity contribution in [2.45, 2.75) is 20.3 Å². The maximum Gasteiger partial charge on any atom is 0.270 e. The molecule has 1 rings (SSSR count). The largest absolute Gasteiger partial charge is 0.396 e. The first-order chi connectivity index (χ1) is 6.97. The summed E-state index contributed by atoms with van der Waals surface area (Å²) in [5.41, 5.74) is 6.43. The van der Waals surface area contributed by atoms with E-state index < -0.39 is 11.9 Å². The van der Waals surface area contributed by atoms with Gasteiger partial charge in [-0.05, 0) is 36.1 Å². The molecular weight excluding hydrogens is 203 g/mol. The first-order valence-electron chi connectivity index (χ1n) is 4.57. The molecule has 0 fully saturated rings. The van der Waals surface area contributed by atoms with Gasteiger partial charge in [-0.25, -0.2) is 4.39 Å². The fraction of sp³-hybridized carbons (Fsp3) is 0.273. The second-order valence-electron chi connectivity index (χ2n) is 3.28. The van der Waals surface area contributed by atoms with Crippen LogP contribution in [0.5, 0.6) is 0 Å². The number of nitrogen functional groups attached to an aromatic ring is 1.